The molecule has 2 heterocycles. The van der Waals surface area contributed by atoms with Gasteiger partial charge in [0, 0.05) is 17.8 Å². The van der Waals surface area contributed by atoms with Gasteiger partial charge in [-0.25, -0.2) is 0 Å². The number of hydrogen-bond donors (Lipinski definition) is 1. The van der Waals surface area contributed by atoms with Gasteiger partial charge in [0.25, 0.3) is 5.89 Å². The number of hydrogen-bond acceptors (Lipinski definition) is 6. The molecular formula is C26H30N4O3S. The molecule has 0 radical (unpaired) electrons. The lowest BCUT2D eigenvalue weighted by Gasteiger charge is -2.38. The van der Waals surface area contributed by atoms with E-state index in [1.807, 2.05) is 18.2 Å². The standard InChI is InChI=1S/C26H30N4O3S/c1-15(2)14-30-17(4)22(23(27-26(30)34)18-9-7-16(3)8-10-18)25-28-24(29-33-25)19-11-12-20(31-5)21(13-19)32-6/h7-13,15,23H,14H2,1-6H3,(H,27,34). The largest absolute Gasteiger partial charge is 0.493 e. The molecule has 4 rings (SSSR count). The summed E-state index contributed by atoms with van der Waals surface area (Å²) < 4.78 is 16.6. The van der Waals surface area contributed by atoms with Gasteiger partial charge in [0.05, 0.1) is 25.8 Å². The summed E-state index contributed by atoms with van der Waals surface area (Å²) in [6.07, 6.45) is 0. The topological polar surface area (TPSA) is 72.7 Å². The van der Waals surface area contributed by atoms with Crippen LogP contribution >= 0.6 is 12.2 Å². The van der Waals surface area contributed by atoms with Crippen LogP contribution in [-0.4, -0.2) is 40.9 Å². The van der Waals surface area contributed by atoms with Crippen LogP contribution in [0.1, 0.15) is 43.8 Å². The van der Waals surface area contributed by atoms with Gasteiger partial charge in [0.1, 0.15) is 0 Å². The monoisotopic (exact) mass is 478 g/mol. The average Bonchev–Trinajstić information content (AvgIpc) is 3.31. The van der Waals surface area contributed by atoms with E-state index in [0.29, 0.717) is 34.2 Å². The third-order valence-electron chi connectivity index (χ3n) is 5.85. The molecule has 8 heteroatoms. The Labute approximate surface area is 205 Å². The molecule has 0 saturated heterocycles. The smallest absolute Gasteiger partial charge is 0.258 e. The molecule has 0 amide bonds. The molecule has 7 nitrogen and oxygen atoms in total. The summed E-state index contributed by atoms with van der Waals surface area (Å²) >= 11 is 5.75. The molecule has 3 aromatic rings. The quantitative estimate of drug-likeness (QED) is 0.454. The summed E-state index contributed by atoms with van der Waals surface area (Å²) in [6.45, 7) is 9.26. The molecule has 1 aromatic heterocycles. The van der Waals surface area contributed by atoms with Crippen LogP contribution < -0.4 is 14.8 Å². The van der Waals surface area contributed by atoms with E-state index >= 15 is 0 Å². The predicted molar refractivity (Wildman–Crippen MR) is 137 cm³/mol. The maximum Gasteiger partial charge on any atom is 0.258 e. The molecule has 0 aliphatic carbocycles. The van der Waals surface area contributed by atoms with E-state index in [1.54, 1.807) is 14.2 Å². The molecule has 178 valence electrons. The van der Waals surface area contributed by atoms with Crippen molar-refractivity contribution < 1.29 is 14.0 Å². The molecule has 0 fully saturated rings. The number of allylic oxidation sites excluding steroid dienone is 1. The van der Waals surface area contributed by atoms with Gasteiger partial charge in [-0.3, -0.25) is 0 Å². The highest BCUT2D eigenvalue weighted by Crippen LogP contribution is 2.38. The second kappa shape index (κ2) is 9.85. The molecule has 1 N–H and O–H groups in total. The highest BCUT2D eigenvalue weighted by Gasteiger charge is 2.34. The first-order valence-corrected chi connectivity index (χ1v) is 11.6. The summed E-state index contributed by atoms with van der Waals surface area (Å²) in [5.74, 6) is 2.60. The van der Waals surface area contributed by atoms with Crippen LogP contribution in [-0.2, 0) is 0 Å². The fourth-order valence-corrected chi connectivity index (χ4v) is 4.41. The minimum atomic E-state index is -0.199. The van der Waals surface area contributed by atoms with E-state index in [0.717, 1.165) is 28.9 Å². The first-order chi connectivity index (χ1) is 16.3. The Morgan fingerprint density at radius 3 is 2.41 bits per heavy atom. The van der Waals surface area contributed by atoms with Crippen LogP contribution in [0.25, 0.3) is 17.0 Å². The van der Waals surface area contributed by atoms with Crippen molar-refractivity contribution in [1.82, 2.24) is 20.4 Å². The van der Waals surface area contributed by atoms with E-state index in [9.17, 15) is 0 Å². The molecule has 1 aliphatic heterocycles. The van der Waals surface area contributed by atoms with Crippen molar-refractivity contribution >= 4 is 22.9 Å². The van der Waals surface area contributed by atoms with Crippen molar-refractivity contribution in [2.24, 2.45) is 5.92 Å². The Kier molecular flexibility index (Phi) is 6.88. The summed E-state index contributed by atoms with van der Waals surface area (Å²) in [5, 5.41) is 8.48. The van der Waals surface area contributed by atoms with E-state index in [4.69, 9.17) is 31.2 Å². The third-order valence-corrected chi connectivity index (χ3v) is 6.19. The van der Waals surface area contributed by atoms with Crippen LogP contribution in [0.4, 0.5) is 0 Å². The SMILES string of the molecule is COc1ccc(-c2noc(C3=C(C)N(CC(C)C)C(=S)NC3c3ccc(C)cc3)n2)cc1OC. The van der Waals surface area contributed by atoms with Crippen molar-refractivity contribution in [2.75, 3.05) is 20.8 Å². The summed E-state index contributed by atoms with van der Waals surface area (Å²) in [6, 6.07) is 13.7. The van der Waals surface area contributed by atoms with Crippen LogP contribution in [0.2, 0.25) is 0 Å². The lowest BCUT2D eigenvalue weighted by molar-refractivity contribution is 0.355. The minimum absolute atomic E-state index is 0.199. The van der Waals surface area contributed by atoms with E-state index in [2.05, 4.69) is 67.3 Å². The number of aromatic nitrogens is 2. The highest BCUT2D eigenvalue weighted by atomic mass is 32.1. The minimum Gasteiger partial charge on any atom is -0.493 e. The first-order valence-electron chi connectivity index (χ1n) is 11.2. The number of aryl methyl sites for hydroxylation is 1. The molecule has 1 unspecified atom stereocenters. The zero-order valence-electron chi connectivity index (χ0n) is 20.4. The molecule has 0 spiro atoms. The normalized spacial score (nSPS) is 16.1. The van der Waals surface area contributed by atoms with E-state index < -0.39 is 0 Å². The van der Waals surface area contributed by atoms with Crippen molar-refractivity contribution in [3.8, 4) is 22.9 Å². The summed E-state index contributed by atoms with van der Waals surface area (Å²) in [5.41, 5.74) is 4.97. The van der Waals surface area contributed by atoms with E-state index in [-0.39, 0.29) is 6.04 Å². The lowest BCUT2D eigenvalue weighted by Crippen LogP contribution is -2.47. The highest BCUT2D eigenvalue weighted by molar-refractivity contribution is 7.80. The number of ether oxygens (including phenoxy) is 2. The lowest BCUT2D eigenvalue weighted by atomic mass is 9.94. The Morgan fingerprint density at radius 1 is 1.06 bits per heavy atom. The van der Waals surface area contributed by atoms with Gasteiger partial charge in [-0.15, -0.1) is 0 Å². The molecule has 2 aromatic carbocycles. The number of methoxy groups -OCH3 is 2. The molecule has 1 atom stereocenters. The molecular weight excluding hydrogens is 448 g/mol. The first kappa shape index (κ1) is 23.8. The van der Waals surface area contributed by atoms with Crippen molar-refractivity contribution in [3.05, 3.63) is 65.2 Å². The van der Waals surface area contributed by atoms with Gasteiger partial charge in [0.15, 0.2) is 16.6 Å². The number of nitrogens with one attached hydrogen (secondary N) is 1. The number of thiocarbonyl (C=S) groups is 1. The maximum atomic E-state index is 5.82. The van der Waals surface area contributed by atoms with Crippen molar-refractivity contribution in [2.45, 2.75) is 33.7 Å². The summed E-state index contributed by atoms with van der Waals surface area (Å²) in [4.78, 5) is 6.89. The van der Waals surface area contributed by atoms with Gasteiger partial charge in [-0.05, 0) is 55.7 Å². The van der Waals surface area contributed by atoms with Gasteiger partial charge in [-0.2, -0.15) is 4.98 Å². The van der Waals surface area contributed by atoms with Crippen LogP contribution in [0.3, 0.4) is 0 Å². The fraction of sp³-hybridized carbons (Fsp3) is 0.346. The number of rotatable bonds is 7. The Hall–Kier alpha value is -3.39. The van der Waals surface area contributed by atoms with Crippen molar-refractivity contribution in [1.29, 1.82) is 0 Å². The average molecular weight is 479 g/mol. The van der Waals surface area contributed by atoms with Crippen LogP contribution in [0.15, 0.2) is 52.7 Å². The van der Waals surface area contributed by atoms with E-state index in [1.165, 1.54) is 5.56 Å². The predicted octanol–water partition coefficient (Wildman–Crippen LogP) is 5.38. The second-order valence-corrected chi connectivity index (χ2v) is 9.18. The Morgan fingerprint density at radius 2 is 1.76 bits per heavy atom. The molecule has 0 bridgehead atoms. The van der Waals surface area contributed by atoms with Crippen LogP contribution in [0.5, 0.6) is 11.5 Å². The maximum absolute atomic E-state index is 5.82. The second-order valence-electron chi connectivity index (χ2n) is 8.79. The van der Waals surface area contributed by atoms with Gasteiger partial charge in [0.2, 0.25) is 5.82 Å². The molecule has 1 aliphatic rings. The fourth-order valence-electron chi connectivity index (χ4n) is 4.08. The summed E-state index contributed by atoms with van der Waals surface area (Å²) in [7, 11) is 3.21. The Bertz CT molecular complexity index is 1220. The number of nitrogens with zero attached hydrogens (tertiary/aromatic N) is 3. The number of benzene rings is 2. The van der Waals surface area contributed by atoms with Crippen LogP contribution in [0, 0.1) is 12.8 Å². The molecule has 0 saturated carbocycles. The van der Waals surface area contributed by atoms with Gasteiger partial charge in [-0.1, -0.05) is 48.8 Å². The zero-order chi connectivity index (χ0) is 24.4. The van der Waals surface area contributed by atoms with Gasteiger partial charge < -0.3 is 24.2 Å². The van der Waals surface area contributed by atoms with Crippen molar-refractivity contribution in [3.63, 3.8) is 0 Å². The third kappa shape index (κ3) is 4.63. The molecule has 34 heavy (non-hydrogen) atoms. The van der Waals surface area contributed by atoms with Gasteiger partial charge >= 0.3 is 0 Å². The zero-order valence-corrected chi connectivity index (χ0v) is 21.2. The Balaban J connectivity index is 1.80.